The first kappa shape index (κ1) is 31.2. The van der Waals surface area contributed by atoms with Crippen molar-refractivity contribution in [2.45, 2.75) is 68.7 Å². The lowest BCUT2D eigenvalue weighted by Gasteiger charge is -2.35. The number of nitriles is 1. The number of amides is 1. The first-order chi connectivity index (χ1) is 21.0. The molecule has 2 heterocycles. The Morgan fingerprint density at radius 2 is 1.77 bits per heavy atom. The highest BCUT2D eigenvalue weighted by Gasteiger charge is 2.47. The summed E-state index contributed by atoms with van der Waals surface area (Å²) < 4.78 is 42.0. The van der Waals surface area contributed by atoms with Gasteiger partial charge < -0.3 is 10.4 Å². The number of carbonyl (C=O) groups is 2. The van der Waals surface area contributed by atoms with Crippen molar-refractivity contribution in [3.05, 3.63) is 84.4 Å². The average molecular weight is 606 g/mol. The summed E-state index contributed by atoms with van der Waals surface area (Å²) in [7, 11) is 0. The zero-order chi connectivity index (χ0) is 31.5. The van der Waals surface area contributed by atoms with Crippen molar-refractivity contribution in [1.82, 2.24) is 15.2 Å². The molecule has 5 rings (SSSR count). The molecule has 1 aromatic heterocycles. The Morgan fingerprint density at radius 1 is 1.11 bits per heavy atom. The molecule has 3 atom stereocenters. The summed E-state index contributed by atoms with van der Waals surface area (Å²) in [5, 5.41) is 23.6. The third-order valence-electron chi connectivity index (χ3n) is 8.31. The lowest BCUT2D eigenvalue weighted by atomic mass is 9.92. The zero-order valence-corrected chi connectivity index (χ0v) is 24.3. The molecule has 1 aliphatic heterocycles. The number of rotatable bonds is 9. The third-order valence-corrected chi connectivity index (χ3v) is 8.31. The minimum atomic E-state index is -2.73. The van der Waals surface area contributed by atoms with Gasteiger partial charge in [0, 0.05) is 42.8 Å². The molecule has 44 heavy (non-hydrogen) atoms. The Bertz CT molecular complexity index is 1520. The zero-order valence-electron chi connectivity index (χ0n) is 24.3. The Balaban J connectivity index is 1.53. The fourth-order valence-corrected chi connectivity index (χ4v) is 6.05. The van der Waals surface area contributed by atoms with Crippen LogP contribution >= 0.6 is 0 Å². The summed E-state index contributed by atoms with van der Waals surface area (Å²) in [4.78, 5) is 34.8. The maximum atomic E-state index is 14.5. The number of aromatic nitrogens is 1. The Hall–Kier alpha value is -4.27. The topological polar surface area (TPSA) is 110 Å². The molecular formula is C33H34F3N5O3. The van der Waals surface area contributed by atoms with Crippen LogP contribution in [-0.2, 0) is 9.59 Å². The van der Waals surface area contributed by atoms with Crippen molar-refractivity contribution in [1.29, 1.82) is 5.26 Å². The maximum absolute atomic E-state index is 14.5. The number of pyridine rings is 1. The lowest BCUT2D eigenvalue weighted by molar-refractivity contribution is -0.127. The Labute approximate surface area is 254 Å². The Kier molecular flexibility index (Phi) is 9.04. The van der Waals surface area contributed by atoms with Crippen LogP contribution < -0.4 is 10.2 Å². The minimum absolute atomic E-state index is 0.0607. The predicted octanol–water partition coefficient (Wildman–Crippen LogP) is 5.00. The van der Waals surface area contributed by atoms with Crippen molar-refractivity contribution in [3.8, 4) is 17.3 Å². The van der Waals surface area contributed by atoms with Crippen molar-refractivity contribution in [3.63, 3.8) is 0 Å². The molecular weight excluding hydrogens is 571 g/mol. The number of nitrogens with one attached hydrogen (secondary N) is 1. The van der Waals surface area contributed by atoms with E-state index in [-0.39, 0.29) is 56.8 Å². The molecule has 2 aliphatic rings. The fraction of sp³-hybridized carbons (Fsp3) is 0.394. The molecule has 2 fully saturated rings. The number of Topliss-reactive ketones (excluding diaryl/α,β-unsaturated/α-hetero) is 1. The lowest BCUT2D eigenvalue weighted by Crippen LogP contribution is -2.50. The molecule has 1 unspecified atom stereocenters. The fourth-order valence-electron chi connectivity index (χ4n) is 6.05. The summed E-state index contributed by atoms with van der Waals surface area (Å²) in [6, 6.07) is 14.8. The standard InChI is InChI=1S/C33H34F3N5O3/c1-32(44)16-28(40(20-32)21-37)31(43)41(27-9-7-23(8-10-27)22-5-3-2-4-6-22)30(24-15-25(34)18-38-17-24)29(42)19-39-26-11-13-33(35,36)14-12-26/h2-10,15,17-18,26,28,30,39,44H,11-14,16,19-20H2,1H3/t28-,30?,32-/m1/s1. The van der Waals surface area contributed by atoms with Gasteiger partial charge in [-0.25, -0.2) is 13.2 Å². The van der Waals surface area contributed by atoms with Crippen molar-refractivity contribution in [2.24, 2.45) is 0 Å². The van der Waals surface area contributed by atoms with E-state index in [1.165, 1.54) is 22.9 Å². The van der Waals surface area contributed by atoms with Crippen LogP contribution in [0.5, 0.6) is 0 Å². The number of carbonyl (C=O) groups excluding carboxylic acids is 2. The molecule has 0 bridgehead atoms. The summed E-state index contributed by atoms with van der Waals surface area (Å²) in [6.45, 7) is 1.18. The van der Waals surface area contributed by atoms with E-state index in [9.17, 15) is 33.1 Å². The van der Waals surface area contributed by atoms with Gasteiger partial charge in [0.05, 0.1) is 24.9 Å². The highest BCUT2D eigenvalue weighted by Crippen LogP contribution is 2.36. The van der Waals surface area contributed by atoms with Gasteiger partial charge in [0.2, 0.25) is 5.92 Å². The maximum Gasteiger partial charge on any atom is 0.251 e. The first-order valence-corrected chi connectivity index (χ1v) is 14.6. The van der Waals surface area contributed by atoms with Crippen LogP contribution in [0.4, 0.5) is 18.9 Å². The predicted molar refractivity (Wildman–Crippen MR) is 158 cm³/mol. The molecule has 1 saturated carbocycles. The van der Waals surface area contributed by atoms with E-state index in [0.29, 0.717) is 5.69 Å². The van der Waals surface area contributed by atoms with E-state index in [4.69, 9.17) is 0 Å². The molecule has 1 aliphatic carbocycles. The number of ketones is 1. The number of likely N-dealkylation sites (tertiary alicyclic amines) is 1. The van der Waals surface area contributed by atoms with Crippen molar-refractivity contribution >= 4 is 17.4 Å². The second kappa shape index (κ2) is 12.8. The molecule has 3 aromatic rings. The van der Waals surface area contributed by atoms with Crippen LogP contribution in [0.3, 0.4) is 0 Å². The average Bonchev–Trinajstić information content (AvgIpc) is 3.34. The van der Waals surface area contributed by atoms with Gasteiger partial charge in [0.15, 0.2) is 12.0 Å². The molecule has 11 heteroatoms. The van der Waals surface area contributed by atoms with Gasteiger partial charge in [-0.2, -0.15) is 5.26 Å². The smallest absolute Gasteiger partial charge is 0.251 e. The Morgan fingerprint density at radius 3 is 2.41 bits per heavy atom. The van der Waals surface area contributed by atoms with E-state index < -0.39 is 41.1 Å². The molecule has 230 valence electrons. The molecule has 2 N–H and O–H groups in total. The van der Waals surface area contributed by atoms with Gasteiger partial charge in [0.25, 0.3) is 5.91 Å². The number of nitrogens with zero attached hydrogens (tertiary/aromatic N) is 4. The molecule has 2 aromatic carbocycles. The first-order valence-electron chi connectivity index (χ1n) is 14.6. The van der Waals surface area contributed by atoms with Crippen molar-refractivity contribution in [2.75, 3.05) is 18.0 Å². The van der Waals surface area contributed by atoms with Gasteiger partial charge in [0.1, 0.15) is 17.9 Å². The summed E-state index contributed by atoms with van der Waals surface area (Å²) in [5.74, 6) is -4.58. The SMILES string of the molecule is C[C@@]1(O)C[C@H](C(=O)N(c2ccc(-c3ccccc3)cc2)C(C(=O)CNC2CCC(F)(F)CC2)c2cncc(F)c2)N(C#N)C1. The number of alkyl halides is 2. The van der Waals surface area contributed by atoms with E-state index in [0.717, 1.165) is 23.4 Å². The minimum Gasteiger partial charge on any atom is -0.388 e. The number of anilines is 1. The largest absolute Gasteiger partial charge is 0.388 e. The van der Waals surface area contributed by atoms with E-state index in [1.54, 1.807) is 24.3 Å². The van der Waals surface area contributed by atoms with Crippen LogP contribution in [0.25, 0.3) is 11.1 Å². The number of halogens is 3. The van der Waals surface area contributed by atoms with Crippen LogP contribution in [0.2, 0.25) is 0 Å². The number of hydrogen-bond acceptors (Lipinski definition) is 7. The summed E-state index contributed by atoms with van der Waals surface area (Å²) in [5.41, 5.74) is 0.891. The molecule has 0 spiro atoms. The second-order valence-electron chi connectivity index (χ2n) is 11.9. The molecule has 1 amide bonds. The van der Waals surface area contributed by atoms with Crippen molar-refractivity contribution < 1.29 is 27.9 Å². The van der Waals surface area contributed by atoms with Crippen LogP contribution in [0.1, 0.15) is 50.6 Å². The van der Waals surface area contributed by atoms with Gasteiger partial charge in [-0.15, -0.1) is 0 Å². The number of β-amino-alcohol motifs (C(OH)–C–C–N with tert-alkyl or cyclic N) is 1. The highest BCUT2D eigenvalue weighted by molar-refractivity contribution is 6.05. The second-order valence-corrected chi connectivity index (χ2v) is 11.9. The number of benzene rings is 2. The van der Waals surface area contributed by atoms with E-state index in [1.807, 2.05) is 36.5 Å². The van der Waals surface area contributed by atoms with Crippen LogP contribution in [-0.4, -0.2) is 63.4 Å². The van der Waals surface area contributed by atoms with Gasteiger partial charge >= 0.3 is 0 Å². The van der Waals surface area contributed by atoms with Gasteiger partial charge in [-0.05, 0) is 49.1 Å². The quantitative estimate of drug-likeness (QED) is 0.330. The van der Waals surface area contributed by atoms with Gasteiger partial charge in [-0.1, -0.05) is 42.5 Å². The highest BCUT2D eigenvalue weighted by atomic mass is 19.3. The van der Waals surface area contributed by atoms with E-state index >= 15 is 0 Å². The molecule has 1 saturated heterocycles. The monoisotopic (exact) mass is 605 g/mol. The van der Waals surface area contributed by atoms with E-state index in [2.05, 4.69) is 10.3 Å². The van der Waals surface area contributed by atoms with Gasteiger partial charge in [-0.3, -0.25) is 24.4 Å². The normalized spacial score (nSPS) is 22.3. The summed E-state index contributed by atoms with van der Waals surface area (Å²) in [6.07, 6.45) is 3.99. The van der Waals surface area contributed by atoms with Crippen LogP contribution in [0, 0.1) is 17.3 Å². The summed E-state index contributed by atoms with van der Waals surface area (Å²) >= 11 is 0. The third kappa shape index (κ3) is 7.09. The van der Waals surface area contributed by atoms with Crippen LogP contribution in [0.15, 0.2) is 73.1 Å². The molecule has 8 nitrogen and oxygen atoms in total. The molecule has 0 radical (unpaired) electrons. The number of aliphatic hydroxyl groups is 1. The number of hydrogen-bond donors (Lipinski definition) is 2.